The molecular weight excluding hydrogens is 210 g/mol. The first-order valence-corrected chi connectivity index (χ1v) is 5.50. The molecule has 1 aliphatic heterocycles. The van der Waals surface area contributed by atoms with E-state index in [4.69, 9.17) is 4.74 Å². The Bertz CT molecular complexity index is 261. The Balaban J connectivity index is 2.41. The fourth-order valence-electron chi connectivity index (χ4n) is 1.79. The number of carbonyl (C=O) groups excluding carboxylic acids is 2. The van der Waals surface area contributed by atoms with Gasteiger partial charge in [-0.15, -0.1) is 0 Å². The maximum absolute atomic E-state index is 11.8. The van der Waals surface area contributed by atoms with Crippen LogP contribution in [0.4, 0.5) is 0 Å². The molecule has 0 aromatic heterocycles. The van der Waals surface area contributed by atoms with E-state index in [0.29, 0.717) is 13.2 Å². The Morgan fingerprint density at radius 3 is 2.75 bits per heavy atom. The fraction of sp³-hybridized carbons (Fsp3) is 0.818. The Morgan fingerprint density at radius 1 is 1.56 bits per heavy atom. The molecule has 2 unspecified atom stereocenters. The van der Waals surface area contributed by atoms with Crippen LogP contribution in [-0.4, -0.2) is 50.2 Å². The monoisotopic (exact) mass is 229 g/mol. The van der Waals surface area contributed by atoms with E-state index >= 15 is 0 Å². The standard InChI is InChI=1S/C11H19NO4/c1-8(11(14)15-3)7-12(2)10(13)9-5-4-6-16-9/h8-9H,4-7H2,1-3H3. The number of hydrogen-bond donors (Lipinski definition) is 0. The summed E-state index contributed by atoms with van der Waals surface area (Å²) in [5, 5.41) is 0. The van der Waals surface area contributed by atoms with Gasteiger partial charge in [0, 0.05) is 20.2 Å². The van der Waals surface area contributed by atoms with Gasteiger partial charge in [0.05, 0.1) is 13.0 Å². The SMILES string of the molecule is COC(=O)C(C)CN(C)C(=O)C1CCCO1. The second-order valence-corrected chi connectivity index (χ2v) is 4.14. The van der Waals surface area contributed by atoms with Gasteiger partial charge in [-0.2, -0.15) is 0 Å². The number of esters is 1. The number of hydrogen-bond acceptors (Lipinski definition) is 4. The molecule has 0 aromatic carbocycles. The fourth-order valence-corrected chi connectivity index (χ4v) is 1.79. The average molecular weight is 229 g/mol. The summed E-state index contributed by atoms with van der Waals surface area (Å²) in [5.74, 6) is -0.652. The van der Waals surface area contributed by atoms with Gasteiger partial charge < -0.3 is 14.4 Å². The minimum absolute atomic E-state index is 0.0479. The molecule has 16 heavy (non-hydrogen) atoms. The zero-order valence-corrected chi connectivity index (χ0v) is 10.1. The van der Waals surface area contributed by atoms with Crippen molar-refractivity contribution in [3.63, 3.8) is 0 Å². The maximum atomic E-state index is 11.8. The second-order valence-electron chi connectivity index (χ2n) is 4.14. The van der Waals surface area contributed by atoms with Crippen LogP contribution in [0.15, 0.2) is 0 Å². The normalized spacial score (nSPS) is 21.6. The van der Waals surface area contributed by atoms with Crippen LogP contribution in [-0.2, 0) is 19.1 Å². The van der Waals surface area contributed by atoms with Crippen molar-refractivity contribution in [3.05, 3.63) is 0 Å². The lowest BCUT2D eigenvalue weighted by Gasteiger charge is -2.22. The van der Waals surface area contributed by atoms with Crippen LogP contribution < -0.4 is 0 Å². The van der Waals surface area contributed by atoms with Gasteiger partial charge in [-0.05, 0) is 12.8 Å². The highest BCUT2D eigenvalue weighted by Gasteiger charge is 2.28. The number of carbonyl (C=O) groups is 2. The van der Waals surface area contributed by atoms with Crippen LogP contribution >= 0.6 is 0 Å². The maximum Gasteiger partial charge on any atom is 0.310 e. The van der Waals surface area contributed by atoms with E-state index in [-0.39, 0.29) is 23.9 Å². The van der Waals surface area contributed by atoms with Crippen molar-refractivity contribution in [2.75, 3.05) is 27.3 Å². The third-order valence-electron chi connectivity index (χ3n) is 2.73. The zero-order valence-electron chi connectivity index (χ0n) is 10.1. The predicted molar refractivity (Wildman–Crippen MR) is 57.8 cm³/mol. The second kappa shape index (κ2) is 5.84. The summed E-state index contributed by atoms with van der Waals surface area (Å²) in [4.78, 5) is 24.6. The molecule has 1 heterocycles. The van der Waals surface area contributed by atoms with Gasteiger partial charge in [-0.3, -0.25) is 9.59 Å². The van der Waals surface area contributed by atoms with E-state index in [9.17, 15) is 9.59 Å². The topological polar surface area (TPSA) is 55.8 Å². The van der Waals surface area contributed by atoms with Crippen LogP contribution in [0.1, 0.15) is 19.8 Å². The summed E-state index contributed by atoms with van der Waals surface area (Å²) in [5.41, 5.74) is 0. The van der Waals surface area contributed by atoms with E-state index < -0.39 is 0 Å². The van der Waals surface area contributed by atoms with E-state index in [1.165, 1.54) is 12.0 Å². The van der Waals surface area contributed by atoms with Crippen LogP contribution in [0.3, 0.4) is 0 Å². The Labute approximate surface area is 95.7 Å². The number of methoxy groups -OCH3 is 1. The molecular formula is C11H19NO4. The zero-order chi connectivity index (χ0) is 12.1. The number of nitrogens with zero attached hydrogens (tertiary/aromatic N) is 1. The van der Waals surface area contributed by atoms with Gasteiger partial charge >= 0.3 is 5.97 Å². The highest BCUT2D eigenvalue weighted by atomic mass is 16.5. The third kappa shape index (κ3) is 3.20. The quantitative estimate of drug-likeness (QED) is 0.656. The predicted octanol–water partition coefficient (Wildman–Crippen LogP) is 0.433. The van der Waals surface area contributed by atoms with Crippen LogP contribution in [0.5, 0.6) is 0 Å². The minimum Gasteiger partial charge on any atom is -0.469 e. The summed E-state index contributed by atoms with van der Waals surface area (Å²) >= 11 is 0. The van der Waals surface area contributed by atoms with Crippen molar-refractivity contribution < 1.29 is 19.1 Å². The number of rotatable bonds is 4. The van der Waals surface area contributed by atoms with E-state index in [1.54, 1.807) is 14.0 Å². The molecule has 0 aliphatic carbocycles. The van der Waals surface area contributed by atoms with Crippen LogP contribution in [0.2, 0.25) is 0 Å². The first-order chi connectivity index (χ1) is 7.56. The highest BCUT2D eigenvalue weighted by Crippen LogP contribution is 2.14. The molecule has 1 saturated heterocycles. The molecule has 0 radical (unpaired) electrons. The third-order valence-corrected chi connectivity index (χ3v) is 2.73. The number of ether oxygens (including phenoxy) is 2. The van der Waals surface area contributed by atoms with Crippen molar-refractivity contribution >= 4 is 11.9 Å². The Morgan fingerprint density at radius 2 is 2.25 bits per heavy atom. The van der Waals surface area contributed by atoms with Crippen molar-refractivity contribution in [2.24, 2.45) is 5.92 Å². The van der Waals surface area contributed by atoms with Gasteiger partial charge in [-0.25, -0.2) is 0 Å². The van der Waals surface area contributed by atoms with Crippen molar-refractivity contribution in [1.29, 1.82) is 0 Å². The molecule has 5 nitrogen and oxygen atoms in total. The average Bonchev–Trinajstić information content (AvgIpc) is 2.79. The molecule has 1 aliphatic rings. The molecule has 0 aromatic rings. The van der Waals surface area contributed by atoms with Crippen molar-refractivity contribution in [3.8, 4) is 0 Å². The van der Waals surface area contributed by atoms with E-state index in [0.717, 1.165) is 12.8 Å². The first kappa shape index (κ1) is 13.0. The van der Waals surface area contributed by atoms with Gasteiger partial charge in [0.2, 0.25) is 0 Å². The van der Waals surface area contributed by atoms with E-state index in [2.05, 4.69) is 4.74 Å². The number of likely N-dealkylation sites (N-methyl/N-ethyl adjacent to an activating group) is 1. The van der Waals surface area contributed by atoms with E-state index in [1.807, 2.05) is 0 Å². The largest absolute Gasteiger partial charge is 0.469 e. The van der Waals surface area contributed by atoms with Gasteiger partial charge in [0.1, 0.15) is 6.10 Å². The molecule has 0 bridgehead atoms. The lowest BCUT2D eigenvalue weighted by Crippen LogP contribution is -2.40. The minimum atomic E-state index is -0.324. The number of amides is 1. The van der Waals surface area contributed by atoms with Crippen LogP contribution in [0, 0.1) is 5.92 Å². The van der Waals surface area contributed by atoms with Crippen molar-refractivity contribution in [2.45, 2.75) is 25.9 Å². The smallest absolute Gasteiger partial charge is 0.310 e. The van der Waals surface area contributed by atoms with Gasteiger partial charge in [0.25, 0.3) is 5.91 Å². The molecule has 0 spiro atoms. The molecule has 1 amide bonds. The Hall–Kier alpha value is -1.10. The molecule has 0 saturated carbocycles. The summed E-state index contributed by atoms with van der Waals surface area (Å²) in [6.07, 6.45) is 1.38. The Kier molecular flexibility index (Phi) is 4.73. The molecule has 5 heteroatoms. The summed E-state index contributed by atoms with van der Waals surface area (Å²) in [6, 6.07) is 0. The van der Waals surface area contributed by atoms with Crippen LogP contribution in [0.25, 0.3) is 0 Å². The molecule has 2 atom stereocenters. The lowest BCUT2D eigenvalue weighted by molar-refractivity contribution is -0.147. The molecule has 1 fully saturated rings. The molecule has 1 rings (SSSR count). The van der Waals surface area contributed by atoms with Gasteiger partial charge in [-0.1, -0.05) is 6.92 Å². The summed E-state index contributed by atoms with van der Waals surface area (Å²) in [6.45, 7) is 2.76. The lowest BCUT2D eigenvalue weighted by atomic mass is 10.1. The van der Waals surface area contributed by atoms with Gasteiger partial charge in [0.15, 0.2) is 0 Å². The molecule has 92 valence electrons. The first-order valence-electron chi connectivity index (χ1n) is 5.50. The highest BCUT2D eigenvalue weighted by molar-refractivity contribution is 5.81. The van der Waals surface area contributed by atoms with Crippen molar-refractivity contribution in [1.82, 2.24) is 4.90 Å². The summed E-state index contributed by atoms with van der Waals surface area (Å²) in [7, 11) is 3.03. The summed E-state index contributed by atoms with van der Waals surface area (Å²) < 4.78 is 9.91. The molecule has 0 N–H and O–H groups in total.